The van der Waals surface area contributed by atoms with Gasteiger partial charge in [-0.25, -0.2) is 9.98 Å². The van der Waals surface area contributed by atoms with E-state index in [0.29, 0.717) is 57.9 Å². The number of nitrogens with one attached hydrogen (secondary N) is 4. The smallest absolute Gasteiger partial charge is 0.237 e. The zero-order chi connectivity index (χ0) is 34.2. The van der Waals surface area contributed by atoms with Crippen LogP contribution in [0.25, 0.3) is 22.4 Å². The molecule has 252 valence electrons. The Kier molecular flexibility index (Phi) is 11.9. The number of halogens is 2. The zero-order valence-electron chi connectivity index (χ0n) is 27.8. The lowest BCUT2D eigenvalue weighted by atomic mass is 9.98. The number of rotatable bonds is 14. The molecular weight excluding hydrogens is 645 g/mol. The Morgan fingerprint density at radius 2 is 1.83 bits per heavy atom. The van der Waals surface area contributed by atoms with Gasteiger partial charge in [0, 0.05) is 83.9 Å². The van der Waals surface area contributed by atoms with Crippen LogP contribution < -0.4 is 26.0 Å². The Labute approximate surface area is 293 Å². The second kappa shape index (κ2) is 16.3. The summed E-state index contributed by atoms with van der Waals surface area (Å²) < 4.78 is 11.3. The van der Waals surface area contributed by atoms with E-state index in [-0.39, 0.29) is 6.04 Å². The lowest BCUT2D eigenvalue weighted by molar-refractivity contribution is 0.283. The van der Waals surface area contributed by atoms with Gasteiger partial charge in [0.25, 0.3) is 0 Å². The summed E-state index contributed by atoms with van der Waals surface area (Å²) in [5.41, 5.74) is 7.97. The summed E-state index contributed by atoms with van der Waals surface area (Å²) in [6, 6.07) is 12.2. The number of aliphatic imine (C=N–C) groups is 1. The molecule has 0 unspecified atom stereocenters. The van der Waals surface area contributed by atoms with Crippen LogP contribution in [0.15, 0.2) is 96.3 Å². The van der Waals surface area contributed by atoms with Crippen molar-refractivity contribution < 1.29 is 9.47 Å². The van der Waals surface area contributed by atoms with Gasteiger partial charge in [0.1, 0.15) is 5.69 Å². The van der Waals surface area contributed by atoms with Gasteiger partial charge in [-0.15, -0.1) is 0 Å². The Morgan fingerprint density at radius 1 is 1.08 bits per heavy atom. The van der Waals surface area contributed by atoms with Crippen molar-refractivity contribution in [3.05, 3.63) is 113 Å². The molecule has 48 heavy (non-hydrogen) atoms. The van der Waals surface area contributed by atoms with Crippen LogP contribution in [0, 0.1) is 0 Å². The van der Waals surface area contributed by atoms with Crippen molar-refractivity contribution in [3.8, 4) is 28.3 Å². The Morgan fingerprint density at radius 3 is 2.50 bits per heavy atom. The van der Waals surface area contributed by atoms with Gasteiger partial charge in [0.15, 0.2) is 0 Å². The van der Waals surface area contributed by atoms with Crippen molar-refractivity contribution in [2.24, 2.45) is 4.99 Å². The van der Waals surface area contributed by atoms with Crippen LogP contribution in [0.4, 0.5) is 0 Å². The topological polar surface area (TPSA) is 105 Å². The fourth-order valence-corrected chi connectivity index (χ4v) is 6.56. The molecule has 2 aliphatic heterocycles. The van der Waals surface area contributed by atoms with Crippen molar-refractivity contribution in [1.29, 1.82) is 0 Å². The first-order valence-corrected chi connectivity index (χ1v) is 16.7. The van der Waals surface area contributed by atoms with E-state index in [0.717, 1.165) is 71.7 Å². The Hall–Kier alpha value is -4.15. The third-order valence-electron chi connectivity index (χ3n) is 8.50. The van der Waals surface area contributed by atoms with Crippen molar-refractivity contribution in [3.63, 3.8) is 0 Å². The summed E-state index contributed by atoms with van der Waals surface area (Å²) in [6.45, 7) is 16.6. The molecule has 0 amide bonds. The van der Waals surface area contributed by atoms with Crippen molar-refractivity contribution in [2.75, 3.05) is 33.9 Å². The first-order chi connectivity index (χ1) is 23.2. The molecule has 3 heterocycles. The van der Waals surface area contributed by atoms with Crippen LogP contribution in [0.5, 0.6) is 5.88 Å². The van der Waals surface area contributed by atoms with E-state index in [9.17, 15) is 0 Å². The maximum atomic E-state index is 7.07. The number of hydrogen-bond donors (Lipinski definition) is 4. The maximum absolute atomic E-state index is 7.07. The van der Waals surface area contributed by atoms with Gasteiger partial charge >= 0.3 is 0 Å². The summed E-state index contributed by atoms with van der Waals surface area (Å²) in [5, 5.41) is 14.7. The number of aromatic nitrogens is 2. The molecule has 2 aromatic carbocycles. The van der Waals surface area contributed by atoms with Crippen molar-refractivity contribution in [2.45, 2.75) is 44.8 Å². The van der Waals surface area contributed by atoms with Crippen LogP contribution in [0.3, 0.4) is 0 Å². The Bertz CT molecular complexity index is 1750. The number of allylic oxidation sites excluding steroid dienone is 1. The second-order valence-corrected chi connectivity index (χ2v) is 12.6. The molecule has 2 fully saturated rings. The predicted molar refractivity (Wildman–Crippen MR) is 196 cm³/mol. The molecule has 0 spiro atoms. The van der Waals surface area contributed by atoms with E-state index < -0.39 is 0 Å². The van der Waals surface area contributed by atoms with Crippen LogP contribution in [0.1, 0.15) is 37.4 Å². The summed E-state index contributed by atoms with van der Waals surface area (Å²) >= 11 is 14.1. The van der Waals surface area contributed by atoms with E-state index >= 15 is 0 Å². The van der Waals surface area contributed by atoms with Gasteiger partial charge in [-0.05, 0) is 19.8 Å². The van der Waals surface area contributed by atoms with Gasteiger partial charge in [0.05, 0.1) is 41.9 Å². The molecule has 3 aromatic rings. The van der Waals surface area contributed by atoms with E-state index in [4.69, 9.17) is 42.7 Å². The maximum Gasteiger partial charge on any atom is 0.237 e. The van der Waals surface area contributed by atoms with Gasteiger partial charge < -0.3 is 30.7 Å². The number of hydrogen-bond acceptors (Lipinski definition) is 9. The minimum atomic E-state index is 0.287. The number of nitrogens with zero attached hydrogens (tertiary/aromatic N) is 3. The first-order valence-electron chi connectivity index (χ1n) is 15.9. The highest BCUT2D eigenvalue weighted by molar-refractivity contribution is 6.39. The Balaban J connectivity index is 1.37. The second-order valence-electron chi connectivity index (χ2n) is 11.9. The van der Waals surface area contributed by atoms with E-state index in [1.54, 1.807) is 26.5 Å². The fraction of sp³-hybridized carbons (Fsp3) is 0.324. The van der Waals surface area contributed by atoms with Crippen LogP contribution in [-0.4, -0.2) is 61.6 Å². The third-order valence-corrected chi connectivity index (χ3v) is 9.31. The summed E-state index contributed by atoms with van der Waals surface area (Å²) in [5.74, 6) is 0.909. The first kappa shape index (κ1) is 35.2. The van der Waals surface area contributed by atoms with Crippen molar-refractivity contribution >= 4 is 28.9 Å². The number of methoxy groups -OCH3 is 2. The molecule has 0 saturated carbocycles. The summed E-state index contributed by atoms with van der Waals surface area (Å²) in [7, 11) is 3.19. The molecule has 0 radical (unpaired) electrons. The standard InChI is InChI=1S/C37H43Cl2N7O2/c1-7-25(17-42-27-16-23(3)41-19-27)36(47-5)45-24(4)28-10-8-11-29(34(28)38)30-12-9-13-31(35(30)39)32-21-43-33(37(46-32)48-6)20-40-18-26-15-14-22(2)44-26/h7-13,21,26-27,40-42,44H,1-3,14-20H2,4-6H3/b36-25-,45-24+/t26-,27+/m0/s1. The molecule has 0 aliphatic carbocycles. The van der Waals surface area contributed by atoms with Crippen LogP contribution >= 0.6 is 23.2 Å². The van der Waals surface area contributed by atoms with Gasteiger partial charge in [-0.3, -0.25) is 4.98 Å². The molecule has 2 aliphatic rings. The van der Waals surface area contributed by atoms with Gasteiger partial charge in [-0.2, -0.15) is 0 Å². The lowest BCUT2D eigenvalue weighted by Gasteiger charge is -2.16. The zero-order valence-corrected chi connectivity index (χ0v) is 29.3. The highest BCUT2D eigenvalue weighted by Crippen LogP contribution is 2.40. The molecule has 1 aromatic heterocycles. The predicted octanol–water partition coefficient (Wildman–Crippen LogP) is 6.80. The molecule has 5 rings (SSSR count). The summed E-state index contributed by atoms with van der Waals surface area (Å²) in [4.78, 5) is 14.3. The minimum Gasteiger partial charge on any atom is -0.481 e. The van der Waals surface area contributed by atoms with E-state index in [1.807, 2.05) is 43.3 Å². The molecular formula is C37H43Cl2N7O2. The average molecular weight is 689 g/mol. The SMILES string of the molecule is C=C/C(CN[C@H]1CNC(=C)C1)=C(\N=C(/C)c1cccc(-c2cccc(-c3cnc(CNC[C@@H]4CCC(=C)N4)c(OC)n3)c2Cl)c1Cl)OC. The fourth-order valence-electron chi connectivity index (χ4n) is 5.87. The lowest BCUT2D eigenvalue weighted by Crippen LogP contribution is -2.33. The molecule has 2 saturated heterocycles. The third kappa shape index (κ3) is 8.28. The van der Waals surface area contributed by atoms with E-state index in [2.05, 4.69) is 46.0 Å². The van der Waals surface area contributed by atoms with E-state index in [1.165, 1.54) is 0 Å². The number of ether oxygens (including phenoxy) is 2. The largest absolute Gasteiger partial charge is 0.481 e. The molecule has 9 nitrogen and oxygen atoms in total. The molecule has 4 N–H and O–H groups in total. The highest BCUT2D eigenvalue weighted by Gasteiger charge is 2.20. The monoisotopic (exact) mass is 687 g/mol. The minimum absolute atomic E-state index is 0.287. The normalized spacial score (nSPS) is 18.3. The quantitative estimate of drug-likeness (QED) is 0.0834. The molecule has 0 bridgehead atoms. The highest BCUT2D eigenvalue weighted by atomic mass is 35.5. The van der Waals surface area contributed by atoms with Gasteiger partial charge in [0.2, 0.25) is 11.8 Å². The van der Waals surface area contributed by atoms with Crippen LogP contribution in [-0.2, 0) is 11.3 Å². The summed E-state index contributed by atoms with van der Waals surface area (Å²) in [6.07, 6.45) is 6.43. The number of benzene rings is 2. The van der Waals surface area contributed by atoms with Crippen molar-refractivity contribution in [1.82, 2.24) is 31.2 Å². The molecule has 11 heteroatoms. The average Bonchev–Trinajstić information content (AvgIpc) is 3.71. The molecule has 2 atom stereocenters. The van der Waals surface area contributed by atoms with Gasteiger partial charge in [-0.1, -0.05) is 85.4 Å². The van der Waals surface area contributed by atoms with Crippen LogP contribution in [0.2, 0.25) is 10.0 Å².